The number of rotatable bonds is 3. The second-order valence-electron chi connectivity index (χ2n) is 17.6. The molecule has 42 heavy (non-hydrogen) atoms. The van der Waals surface area contributed by atoms with Crippen LogP contribution in [0.15, 0.2) is 11.6 Å². The largest absolute Gasteiger partial charge is 0.479 e. The van der Waals surface area contributed by atoms with E-state index in [9.17, 15) is 25.2 Å². The predicted octanol–water partition coefficient (Wildman–Crippen LogP) is 5.10. The third-order valence-electron chi connectivity index (χ3n) is 14.9. The summed E-state index contributed by atoms with van der Waals surface area (Å²) in [5.74, 6) is 0.635. The van der Waals surface area contributed by atoms with Crippen molar-refractivity contribution in [1.29, 1.82) is 0 Å². The number of hydrogen-bond donors (Lipinski definition) is 4. The molecule has 7 nitrogen and oxygen atoms in total. The van der Waals surface area contributed by atoms with E-state index < -0.39 is 48.0 Å². The lowest BCUT2D eigenvalue weighted by Gasteiger charge is -2.68. The molecule has 7 heteroatoms. The molecule has 0 aromatic rings. The smallest absolute Gasteiger partial charge is 0.335 e. The number of carboxylic acids is 1. The number of aliphatic carboxylic acids is 1. The quantitative estimate of drug-likeness (QED) is 0.268. The normalized spacial score (nSPS) is 54.5. The fraction of sp³-hybridized carbons (Fsp3) is 0.914. The Balaban J connectivity index is 1.24. The van der Waals surface area contributed by atoms with E-state index in [1.165, 1.54) is 12.0 Å². The van der Waals surface area contributed by atoms with Crippen molar-refractivity contribution < 1.29 is 34.7 Å². The molecule has 2 heterocycles. The van der Waals surface area contributed by atoms with E-state index >= 15 is 0 Å². The molecule has 7 rings (SSSR count). The first kappa shape index (κ1) is 29.7. The van der Waals surface area contributed by atoms with Crippen molar-refractivity contribution in [2.75, 3.05) is 0 Å². The summed E-state index contributed by atoms with van der Waals surface area (Å²) in [6, 6.07) is 0. The fourth-order valence-corrected chi connectivity index (χ4v) is 12.4. The summed E-state index contributed by atoms with van der Waals surface area (Å²) >= 11 is 0. The standard InChI is InChI=1S/C35H54O7/c1-31(2)15-16-35(29(38)26-24(37)25-27(41-25)28(42-26)30(39)40)14-9-19-18(20(35)17-31)7-8-22-33(19,5)12-10-21-32(3,4)23(36)11-13-34(21,22)6/h7,19-29,36-38H,8-17H2,1-6H3,(H,39,40). The van der Waals surface area contributed by atoms with Crippen LogP contribution in [-0.2, 0) is 14.3 Å². The lowest BCUT2D eigenvalue weighted by Crippen LogP contribution is -2.64. The molecule has 0 amide bonds. The van der Waals surface area contributed by atoms with Crippen molar-refractivity contribution in [3.8, 4) is 0 Å². The van der Waals surface area contributed by atoms with Gasteiger partial charge in [0.15, 0.2) is 6.10 Å². The average molecular weight is 587 g/mol. The molecule has 0 spiro atoms. The van der Waals surface area contributed by atoms with Gasteiger partial charge >= 0.3 is 5.97 Å². The topological polar surface area (TPSA) is 120 Å². The molecule has 0 radical (unpaired) electrons. The number of ether oxygens (including phenoxy) is 2. The molecule has 0 bridgehead atoms. The third kappa shape index (κ3) is 3.91. The van der Waals surface area contributed by atoms with Crippen molar-refractivity contribution in [2.24, 2.45) is 50.7 Å². The van der Waals surface area contributed by atoms with Crippen molar-refractivity contribution in [3.05, 3.63) is 11.6 Å². The summed E-state index contributed by atoms with van der Waals surface area (Å²) in [4.78, 5) is 12.0. The maximum absolute atomic E-state index is 12.2. The summed E-state index contributed by atoms with van der Waals surface area (Å²) in [6.07, 6.45) is 7.08. The Morgan fingerprint density at radius 1 is 0.857 bits per heavy atom. The van der Waals surface area contributed by atoms with Crippen LogP contribution in [0.4, 0.5) is 0 Å². The van der Waals surface area contributed by atoms with E-state index in [4.69, 9.17) is 9.47 Å². The van der Waals surface area contributed by atoms with Crippen LogP contribution in [-0.4, -0.2) is 69.1 Å². The molecule has 14 atom stereocenters. The molecular formula is C35H54O7. The Morgan fingerprint density at radius 2 is 1.57 bits per heavy atom. The summed E-state index contributed by atoms with van der Waals surface area (Å²) in [6.45, 7) is 14.4. The number of carboxylic acid groups (broad SMARTS) is 1. The highest BCUT2D eigenvalue weighted by atomic mass is 16.7. The van der Waals surface area contributed by atoms with E-state index in [0.29, 0.717) is 17.8 Å². The van der Waals surface area contributed by atoms with Crippen LogP contribution in [0.2, 0.25) is 0 Å². The number of epoxide rings is 1. The Morgan fingerprint density at radius 3 is 2.29 bits per heavy atom. The molecule has 2 saturated heterocycles. The van der Waals surface area contributed by atoms with Crippen LogP contribution in [0.1, 0.15) is 106 Å². The van der Waals surface area contributed by atoms with Crippen molar-refractivity contribution in [3.63, 3.8) is 0 Å². The summed E-state index contributed by atoms with van der Waals surface area (Å²) < 4.78 is 11.5. The van der Waals surface area contributed by atoms with E-state index in [-0.39, 0.29) is 33.7 Å². The van der Waals surface area contributed by atoms with Gasteiger partial charge in [-0.2, -0.15) is 0 Å². The average Bonchev–Trinajstić information content (AvgIpc) is 3.72. The molecule has 6 fully saturated rings. The number of hydrogen-bond acceptors (Lipinski definition) is 6. The van der Waals surface area contributed by atoms with Crippen LogP contribution in [0.5, 0.6) is 0 Å². The Labute approximate surface area is 251 Å². The second-order valence-corrected chi connectivity index (χ2v) is 17.6. The van der Waals surface area contributed by atoms with Gasteiger partial charge in [0, 0.05) is 5.41 Å². The van der Waals surface area contributed by atoms with E-state index in [0.717, 1.165) is 57.8 Å². The van der Waals surface area contributed by atoms with Crippen molar-refractivity contribution in [2.45, 2.75) is 148 Å². The van der Waals surface area contributed by atoms with E-state index in [2.05, 4.69) is 47.6 Å². The van der Waals surface area contributed by atoms with Gasteiger partial charge in [-0.1, -0.05) is 53.2 Å². The zero-order chi connectivity index (χ0) is 30.2. The van der Waals surface area contributed by atoms with Crippen LogP contribution in [0.3, 0.4) is 0 Å². The minimum absolute atomic E-state index is 0.0729. The fourth-order valence-electron chi connectivity index (χ4n) is 12.4. The molecule has 236 valence electrons. The van der Waals surface area contributed by atoms with Crippen LogP contribution in [0, 0.1) is 50.7 Å². The maximum atomic E-state index is 12.2. The first-order chi connectivity index (χ1) is 19.6. The highest BCUT2D eigenvalue weighted by Crippen LogP contribution is 2.72. The maximum Gasteiger partial charge on any atom is 0.335 e. The minimum atomic E-state index is -1.15. The molecule has 7 aliphatic rings. The molecule has 14 unspecified atom stereocenters. The Hall–Kier alpha value is -0.990. The van der Waals surface area contributed by atoms with Crippen LogP contribution >= 0.6 is 0 Å². The van der Waals surface area contributed by atoms with Crippen LogP contribution in [0.25, 0.3) is 0 Å². The molecule has 2 aliphatic heterocycles. The monoisotopic (exact) mass is 586 g/mol. The molecule has 4 saturated carbocycles. The van der Waals surface area contributed by atoms with E-state index in [1.54, 1.807) is 0 Å². The lowest BCUT2D eigenvalue weighted by molar-refractivity contribution is -0.215. The SMILES string of the molecule is CC1(C)CCC2(C(O)C3OC(C(=O)O)C4OC4C3O)CCC3C(=CCC4C3(C)CCC3C(C)(C)C(O)CCC34C)C2C1. The molecule has 5 aliphatic carbocycles. The Bertz CT molecular complexity index is 1160. The summed E-state index contributed by atoms with van der Waals surface area (Å²) in [5.41, 5.74) is 1.51. The predicted molar refractivity (Wildman–Crippen MR) is 157 cm³/mol. The zero-order valence-corrected chi connectivity index (χ0v) is 26.5. The van der Waals surface area contributed by atoms with E-state index in [1.807, 2.05) is 0 Å². The number of aliphatic hydroxyl groups excluding tert-OH is 3. The highest BCUT2D eigenvalue weighted by molar-refractivity contribution is 5.74. The van der Waals surface area contributed by atoms with Gasteiger partial charge in [-0.05, 0) is 110 Å². The van der Waals surface area contributed by atoms with Crippen molar-refractivity contribution in [1.82, 2.24) is 0 Å². The third-order valence-corrected chi connectivity index (χ3v) is 14.9. The first-order valence-electron chi connectivity index (χ1n) is 16.8. The number of aliphatic hydroxyl groups is 3. The summed E-state index contributed by atoms with van der Waals surface area (Å²) in [7, 11) is 0. The Kier molecular flexibility index (Phi) is 6.56. The highest BCUT2D eigenvalue weighted by Gasteiger charge is 2.68. The van der Waals surface area contributed by atoms with Gasteiger partial charge in [-0.15, -0.1) is 0 Å². The van der Waals surface area contributed by atoms with Gasteiger partial charge < -0.3 is 29.9 Å². The second kappa shape index (κ2) is 9.28. The number of fused-ring (bicyclic) bond motifs is 8. The van der Waals surface area contributed by atoms with Gasteiger partial charge in [0.25, 0.3) is 0 Å². The molecule has 0 aromatic carbocycles. The number of allylic oxidation sites excluding steroid dienone is 2. The first-order valence-corrected chi connectivity index (χ1v) is 16.8. The number of carbonyl (C=O) groups is 1. The van der Waals surface area contributed by atoms with Gasteiger partial charge in [0.2, 0.25) is 0 Å². The van der Waals surface area contributed by atoms with Gasteiger partial charge in [-0.25, -0.2) is 4.79 Å². The van der Waals surface area contributed by atoms with Gasteiger partial charge in [0.1, 0.15) is 24.4 Å². The molecule has 4 N–H and O–H groups in total. The van der Waals surface area contributed by atoms with Crippen LogP contribution < -0.4 is 0 Å². The van der Waals surface area contributed by atoms with Crippen molar-refractivity contribution >= 4 is 5.97 Å². The zero-order valence-electron chi connectivity index (χ0n) is 26.5. The minimum Gasteiger partial charge on any atom is -0.479 e. The van der Waals surface area contributed by atoms with Gasteiger partial charge in [0.05, 0.1) is 12.2 Å². The molecule has 0 aromatic heterocycles. The van der Waals surface area contributed by atoms with Gasteiger partial charge in [-0.3, -0.25) is 0 Å². The lowest BCUT2D eigenvalue weighted by atomic mass is 9.36. The summed E-state index contributed by atoms with van der Waals surface area (Å²) in [5, 5.41) is 44.2. The molecular weight excluding hydrogens is 532 g/mol.